The number of hydrogen-bond donors (Lipinski definition) is 2. The van der Waals surface area contributed by atoms with Gasteiger partial charge >= 0.3 is 0 Å². The third-order valence-corrected chi connectivity index (χ3v) is 1.81. The van der Waals surface area contributed by atoms with Crippen LogP contribution >= 0.6 is 0 Å². The van der Waals surface area contributed by atoms with Gasteiger partial charge in [0.25, 0.3) is 0 Å². The maximum atomic E-state index is 9.24. The van der Waals surface area contributed by atoms with E-state index in [0.29, 0.717) is 12.8 Å². The number of rotatable bonds is 2. The first kappa shape index (κ1) is 8.93. The molecule has 4 nitrogen and oxygen atoms in total. The first-order valence-corrected chi connectivity index (χ1v) is 3.73. The van der Waals surface area contributed by atoms with Crippen LogP contribution in [0, 0.1) is 0 Å². The van der Waals surface area contributed by atoms with Crippen molar-refractivity contribution < 1.29 is 19.7 Å². The van der Waals surface area contributed by atoms with Crippen LogP contribution in [0.25, 0.3) is 0 Å². The molecule has 1 rings (SSSR count). The van der Waals surface area contributed by atoms with Crippen LogP contribution in [0.3, 0.4) is 0 Å². The van der Waals surface area contributed by atoms with Crippen LogP contribution in [0.2, 0.25) is 0 Å². The minimum absolute atomic E-state index is 0.0586. The smallest absolute Gasteiger partial charge is 0.160 e. The summed E-state index contributed by atoms with van der Waals surface area (Å²) >= 11 is 0. The zero-order valence-corrected chi connectivity index (χ0v) is 6.56. The molecule has 66 valence electrons. The Balaban J connectivity index is 2.37. The summed E-state index contributed by atoms with van der Waals surface area (Å²) in [5.41, 5.74) is 0. The Labute approximate surface area is 65.7 Å². The first-order chi connectivity index (χ1) is 5.26. The van der Waals surface area contributed by atoms with Crippen molar-refractivity contribution in [2.45, 2.75) is 31.3 Å². The first-order valence-electron chi connectivity index (χ1n) is 3.73. The van der Waals surface area contributed by atoms with E-state index in [9.17, 15) is 5.11 Å². The SMILES string of the molecule is CO[C@H]1C[C@@H](O)C[C@H](CO)O1. The van der Waals surface area contributed by atoms with Crippen LogP contribution < -0.4 is 0 Å². The molecule has 1 aliphatic rings. The Morgan fingerprint density at radius 1 is 1.55 bits per heavy atom. The topological polar surface area (TPSA) is 58.9 Å². The lowest BCUT2D eigenvalue weighted by Gasteiger charge is -2.30. The summed E-state index contributed by atoms with van der Waals surface area (Å²) in [6.07, 6.45) is -0.0611. The quantitative estimate of drug-likeness (QED) is 0.574. The third-order valence-electron chi connectivity index (χ3n) is 1.81. The average Bonchev–Trinajstić information content (AvgIpc) is 2.03. The van der Waals surface area contributed by atoms with E-state index < -0.39 is 6.10 Å². The van der Waals surface area contributed by atoms with Gasteiger partial charge in [-0.05, 0) is 0 Å². The van der Waals surface area contributed by atoms with Gasteiger partial charge in [0.2, 0.25) is 0 Å². The standard InChI is InChI=1S/C7H14O4/c1-10-7-3-5(9)2-6(4-8)11-7/h5-9H,2-4H2,1H3/t5-,6+,7+/m0/s1. The van der Waals surface area contributed by atoms with E-state index in [1.807, 2.05) is 0 Å². The van der Waals surface area contributed by atoms with E-state index in [0.717, 1.165) is 0 Å². The molecule has 0 aliphatic carbocycles. The third kappa shape index (κ3) is 2.41. The summed E-state index contributed by atoms with van der Waals surface area (Å²) in [6.45, 7) is -0.0586. The fourth-order valence-electron chi connectivity index (χ4n) is 1.22. The molecule has 4 heteroatoms. The van der Waals surface area contributed by atoms with Gasteiger partial charge in [-0.2, -0.15) is 0 Å². The highest BCUT2D eigenvalue weighted by Crippen LogP contribution is 2.19. The fourth-order valence-corrected chi connectivity index (χ4v) is 1.22. The molecular formula is C7H14O4. The van der Waals surface area contributed by atoms with E-state index in [4.69, 9.17) is 14.6 Å². The molecule has 1 aliphatic heterocycles. The van der Waals surface area contributed by atoms with Gasteiger partial charge in [0.05, 0.1) is 18.8 Å². The van der Waals surface area contributed by atoms with Crippen LogP contribution in [0.1, 0.15) is 12.8 Å². The van der Waals surface area contributed by atoms with Crippen molar-refractivity contribution in [3.05, 3.63) is 0 Å². The van der Waals surface area contributed by atoms with E-state index in [2.05, 4.69) is 0 Å². The largest absolute Gasteiger partial charge is 0.394 e. The van der Waals surface area contributed by atoms with E-state index >= 15 is 0 Å². The van der Waals surface area contributed by atoms with E-state index in [1.165, 1.54) is 7.11 Å². The van der Waals surface area contributed by atoms with Gasteiger partial charge in [-0.15, -0.1) is 0 Å². The molecule has 0 saturated carbocycles. The highest BCUT2D eigenvalue weighted by atomic mass is 16.7. The predicted molar refractivity (Wildman–Crippen MR) is 38.0 cm³/mol. The minimum Gasteiger partial charge on any atom is -0.394 e. The van der Waals surface area contributed by atoms with Gasteiger partial charge in [0, 0.05) is 20.0 Å². The monoisotopic (exact) mass is 162 g/mol. The number of ether oxygens (including phenoxy) is 2. The van der Waals surface area contributed by atoms with Crippen LogP contribution in [-0.2, 0) is 9.47 Å². The zero-order valence-electron chi connectivity index (χ0n) is 6.56. The summed E-state index contributed by atoms with van der Waals surface area (Å²) in [4.78, 5) is 0. The van der Waals surface area contributed by atoms with Gasteiger partial charge in [0.1, 0.15) is 0 Å². The summed E-state index contributed by atoms with van der Waals surface area (Å²) in [5.74, 6) is 0. The van der Waals surface area contributed by atoms with Crippen LogP contribution in [0.4, 0.5) is 0 Å². The minimum atomic E-state index is -0.411. The summed E-state index contributed by atoms with van der Waals surface area (Å²) in [7, 11) is 1.52. The van der Waals surface area contributed by atoms with Crippen molar-refractivity contribution in [2.75, 3.05) is 13.7 Å². The van der Waals surface area contributed by atoms with Gasteiger partial charge in [-0.1, -0.05) is 0 Å². The van der Waals surface area contributed by atoms with Crippen molar-refractivity contribution in [1.29, 1.82) is 0 Å². The summed E-state index contributed by atoms with van der Waals surface area (Å²) in [5, 5.41) is 18.0. The van der Waals surface area contributed by atoms with E-state index in [1.54, 1.807) is 0 Å². The van der Waals surface area contributed by atoms with Gasteiger partial charge in [-0.25, -0.2) is 0 Å². The second-order valence-corrected chi connectivity index (χ2v) is 2.73. The Bertz CT molecular complexity index is 105. The molecule has 0 bridgehead atoms. The van der Waals surface area contributed by atoms with Crippen molar-refractivity contribution in [3.63, 3.8) is 0 Å². The molecule has 0 aromatic rings. The second-order valence-electron chi connectivity index (χ2n) is 2.73. The molecule has 11 heavy (non-hydrogen) atoms. The van der Waals surface area contributed by atoms with Crippen molar-refractivity contribution >= 4 is 0 Å². The maximum Gasteiger partial charge on any atom is 0.160 e. The Morgan fingerprint density at radius 3 is 2.82 bits per heavy atom. The molecule has 0 aromatic heterocycles. The predicted octanol–water partition coefficient (Wildman–Crippen LogP) is -0.509. The fraction of sp³-hybridized carbons (Fsp3) is 1.00. The Kier molecular flexibility index (Phi) is 3.26. The molecule has 1 saturated heterocycles. The lowest BCUT2D eigenvalue weighted by atomic mass is 10.1. The number of aliphatic hydroxyl groups excluding tert-OH is 2. The van der Waals surface area contributed by atoms with Crippen molar-refractivity contribution in [1.82, 2.24) is 0 Å². The maximum absolute atomic E-state index is 9.24. The Hall–Kier alpha value is -0.160. The van der Waals surface area contributed by atoms with Crippen molar-refractivity contribution in [3.8, 4) is 0 Å². The molecule has 0 unspecified atom stereocenters. The number of methoxy groups -OCH3 is 1. The van der Waals surface area contributed by atoms with Crippen molar-refractivity contribution in [2.24, 2.45) is 0 Å². The highest BCUT2D eigenvalue weighted by molar-refractivity contribution is 4.72. The number of hydrogen-bond acceptors (Lipinski definition) is 4. The second kappa shape index (κ2) is 4.01. The van der Waals surface area contributed by atoms with Crippen LogP contribution in [0.5, 0.6) is 0 Å². The molecular weight excluding hydrogens is 148 g/mol. The Morgan fingerprint density at radius 2 is 2.27 bits per heavy atom. The molecule has 2 N–H and O–H groups in total. The molecule has 0 radical (unpaired) electrons. The highest BCUT2D eigenvalue weighted by Gasteiger charge is 2.27. The lowest BCUT2D eigenvalue weighted by molar-refractivity contribution is -0.210. The van der Waals surface area contributed by atoms with E-state index in [-0.39, 0.29) is 19.0 Å². The molecule has 1 fully saturated rings. The van der Waals surface area contributed by atoms with Gasteiger partial charge in [-0.3, -0.25) is 0 Å². The van der Waals surface area contributed by atoms with Gasteiger partial charge in [0.15, 0.2) is 6.29 Å². The molecule has 0 amide bonds. The number of aliphatic hydroxyl groups is 2. The van der Waals surface area contributed by atoms with Crippen LogP contribution in [0.15, 0.2) is 0 Å². The van der Waals surface area contributed by atoms with Gasteiger partial charge < -0.3 is 19.7 Å². The molecule has 0 spiro atoms. The van der Waals surface area contributed by atoms with Crippen LogP contribution in [-0.4, -0.2) is 42.4 Å². The molecule has 1 heterocycles. The normalized spacial score (nSPS) is 39.0. The summed E-state index contributed by atoms with van der Waals surface area (Å²) < 4.78 is 10.1. The summed E-state index contributed by atoms with van der Waals surface area (Å²) in [6, 6.07) is 0. The molecule has 0 aromatic carbocycles. The zero-order chi connectivity index (χ0) is 8.27. The average molecular weight is 162 g/mol. The lowest BCUT2D eigenvalue weighted by Crippen LogP contribution is -2.38. The molecule has 3 atom stereocenters.